The van der Waals surface area contributed by atoms with Gasteiger partial charge in [-0.2, -0.15) is 0 Å². The van der Waals surface area contributed by atoms with Crippen LogP contribution in [0.3, 0.4) is 0 Å². The second-order valence-electron chi connectivity index (χ2n) is 3.33. The van der Waals surface area contributed by atoms with Gasteiger partial charge in [-0.25, -0.2) is 13.6 Å². The van der Waals surface area contributed by atoms with E-state index < -0.39 is 23.2 Å². The average Bonchev–Trinajstić information content (AvgIpc) is 2.28. The second kappa shape index (κ2) is 4.29. The predicted octanol–water partition coefficient (Wildman–Crippen LogP) is 2.73. The zero-order chi connectivity index (χ0) is 12.4. The van der Waals surface area contributed by atoms with Gasteiger partial charge in [0.1, 0.15) is 11.4 Å². The first kappa shape index (κ1) is 11.2. The molecule has 0 aliphatic rings. The van der Waals surface area contributed by atoms with Crippen molar-refractivity contribution in [3.8, 4) is 11.1 Å². The molecule has 0 amide bonds. The monoisotopic (exact) mass is 235 g/mol. The van der Waals surface area contributed by atoms with E-state index in [-0.39, 0.29) is 11.1 Å². The van der Waals surface area contributed by atoms with Crippen molar-refractivity contribution in [2.75, 3.05) is 0 Å². The van der Waals surface area contributed by atoms with E-state index in [4.69, 9.17) is 5.11 Å². The summed E-state index contributed by atoms with van der Waals surface area (Å²) in [6.45, 7) is 0. The zero-order valence-electron chi connectivity index (χ0n) is 8.52. The van der Waals surface area contributed by atoms with Gasteiger partial charge in [-0.15, -0.1) is 0 Å². The molecule has 86 valence electrons. The van der Waals surface area contributed by atoms with Crippen LogP contribution >= 0.6 is 0 Å². The molecule has 0 radical (unpaired) electrons. The smallest absolute Gasteiger partial charge is 0.339 e. The summed E-state index contributed by atoms with van der Waals surface area (Å²) in [6, 6.07) is 5.55. The highest BCUT2D eigenvalue weighted by Gasteiger charge is 2.19. The average molecular weight is 235 g/mol. The van der Waals surface area contributed by atoms with Gasteiger partial charge in [-0.05, 0) is 6.07 Å². The minimum Gasteiger partial charge on any atom is -0.478 e. The van der Waals surface area contributed by atoms with Gasteiger partial charge in [0.05, 0.1) is 6.20 Å². The number of rotatable bonds is 2. The Morgan fingerprint density at radius 1 is 1.06 bits per heavy atom. The van der Waals surface area contributed by atoms with E-state index in [0.29, 0.717) is 0 Å². The van der Waals surface area contributed by atoms with Gasteiger partial charge >= 0.3 is 5.97 Å². The molecule has 5 heteroatoms. The zero-order valence-corrected chi connectivity index (χ0v) is 8.52. The number of aromatic nitrogens is 1. The minimum absolute atomic E-state index is 0.0110. The summed E-state index contributed by atoms with van der Waals surface area (Å²) >= 11 is 0. The van der Waals surface area contributed by atoms with Gasteiger partial charge in [0.25, 0.3) is 0 Å². The van der Waals surface area contributed by atoms with E-state index in [1.54, 1.807) is 0 Å². The summed E-state index contributed by atoms with van der Waals surface area (Å²) < 4.78 is 26.9. The lowest BCUT2D eigenvalue weighted by molar-refractivity contribution is 0.0692. The van der Waals surface area contributed by atoms with Crippen LogP contribution in [-0.4, -0.2) is 16.1 Å². The molecule has 2 rings (SSSR count). The number of aromatic carboxylic acids is 1. The van der Waals surface area contributed by atoms with Gasteiger partial charge in [0.15, 0.2) is 5.82 Å². The van der Waals surface area contributed by atoms with E-state index in [9.17, 15) is 13.6 Å². The predicted molar refractivity (Wildman–Crippen MR) is 56.5 cm³/mol. The highest BCUT2D eigenvalue weighted by molar-refractivity contribution is 5.96. The van der Waals surface area contributed by atoms with Crippen LogP contribution in [0.1, 0.15) is 10.4 Å². The van der Waals surface area contributed by atoms with E-state index in [1.165, 1.54) is 24.3 Å². The highest BCUT2D eigenvalue weighted by atomic mass is 19.1. The maximum absolute atomic E-state index is 13.5. The molecule has 1 aromatic heterocycles. The topological polar surface area (TPSA) is 50.2 Å². The van der Waals surface area contributed by atoms with E-state index in [2.05, 4.69) is 4.98 Å². The molecule has 0 atom stereocenters. The van der Waals surface area contributed by atoms with Crippen molar-refractivity contribution in [1.29, 1.82) is 0 Å². The Morgan fingerprint density at radius 2 is 1.76 bits per heavy atom. The summed E-state index contributed by atoms with van der Waals surface area (Å²) in [7, 11) is 0. The molecule has 2 aromatic rings. The Morgan fingerprint density at radius 3 is 2.41 bits per heavy atom. The molecular formula is C12H7F2NO2. The highest BCUT2D eigenvalue weighted by Crippen LogP contribution is 2.26. The van der Waals surface area contributed by atoms with Gasteiger partial charge in [-0.3, -0.25) is 4.98 Å². The lowest BCUT2D eigenvalue weighted by atomic mass is 10.0. The summed E-state index contributed by atoms with van der Waals surface area (Å²) in [5, 5.41) is 8.91. The Kier molecular flexibility index (Phi) is 2.82. The molecule has 0 aliphatic heterocycles. The van der Waals surface area contributed by atoms with Crippen LogP contribution < -0.4 is 0 Å². The summed E-state index contributed by atoms with van der Waals surface area (Å²) in [5.74, 6) is -3.07. The molecule has 0 aliphatic carbocycles. The van der Waals surface area contributed by atoms with Crippen molar-refractivity contribution in [1.82, 2.24) is 4.98 Å². The van der Waals surface area contributed by atoms with Gasteiger partial charge in [-0.1, -0.05) is 18.2 Å². The number of carboxylic acid groups (broad SMARTS) is 1. The van der Waals surface area contributed by atoms with Crippen LogP contribution in [0.25, 0.3) is 11.1 Å². The van der Waals surface area contributed by atoms with Crippen molar-refractivity contribution >= 4 is 5.97 Å². The quantitative estimate of drug-likeness (QED) is 0.870. The summed E-state index contributed by atoms with van der Waals surface area (Å²) in [5.41, 5.74) is -0.641. The molecule has 0 fully saturated rings. The van der Waals surface area contributed by atoms with Crippen LogP contribution in [0.15, 0.2) is 36.7 Å². The van der Waals surface area contributed by atoms with Gasteiger partial charge in [0, 0.05) is 17.3 Å². The third kappa shape index (κ3) is 1.99. The molecule has 17 heavy (non-hydrogen) atoms. The van der Waals surface area contributed by atoms with Gasteiger partial charge in [0.2, 0.25) is 0 Å². The molecule has 0 saturated carbocycles. The number of benzene rings is 1. The number of carbonyl (C=O) groups is 1. The molecule has 0 saturated heterocycles. The SMILES string of the molecule is O=C(O)c1c(F)cncc1-c1ccccc1F. The lowest BCUT2D eigenvalue weighted by Gasteiger charge is -2.07. The number of hydrogen-bond donors (Lipinski definition) is 1. The maximum atomic E-state index is 13.5. The molecule has 1 aromatic carbocycles. The third-order valence-corrected chi connectivity index (χ3v) is 2.28. The normalized spacial score (nSPS) is 10.2. The number of halogens is 2. The molecule has 0 bridgehead atoms. The fourth-order valence-electron chi connectivity index (χ4n) is 1.54. The Hall–Kier alpha value is -2.30. The van der Waals surface area contributed by atoms with Crippen LogP contribution in [0.5, 0.6) is 0 Å². The van der Waals surface area contributed by atoms with E-state index in [0.717, 1.165) is 12.4 Å². The molecule has 3 nitrogen and oxygen atoms in total. The van der Waals surface area contributed by atoms with Crippen molar-refractivity contribution in [3.63, 3.8) is 0 Å². The molecule has 0 spiro atoms. The standard InChI is InChI=1S/C12H7F2NO2/c13-9-4-2-1-3-7(9)8-5-15-6-10(14)11(8)12(16)17/h1-6H,(H,16,17). The van der Waals surface area contributed by atoms with Crippen LogP contribution in [0.4, 0.5) is 8.78 Å². The van der Waals surface area contributed by atoms with Crippen molar-refractivity contribution in [2.45, 2.75) is 0 Å². The van der Waals surface area contributed by atoms with Crippen molar-refractivity contribution < 1.29 is 18.7 Å². The number of pyridine rings is 1. The van der Waals surface area contributed by atoms with E-state index in [1.807, 2.05) is 0 Å². The number of hydrogen-bond acceptors (Lipinski definition) is 2. The third-order valence-electron chi connectivity index (χ3n) is 2.28. The largest absolute Gasteiger partial charge is 0.478 e. The Balaban J connectivity index is 2.72. The molecule has 0 unspecified atom stereocenters. The Labute approximate surface area is 95.4 Å². The molecule has 1 heterocycles. The minimum atomic E-state index is -1.46. The number of carboxylic acids is 1. The first-order chi connectivity index (χ1) is 8.11. The van der Waals surface area contributed by atoms with Crippen LogP contribution in [0, 0.1) is 11.6 Å². The molecular weight excluding hydrogens is 228 g/mol. The Bertz CT molecular complexity index is 584. The summed E-state index contributed by atoms with van der Waals surface area (Å²) in [4.78, 5) is 14.5. The lowest BCUT2D eigenvalue weighted by Crippen LogP contribution is -2.05. The van der Waals surface area contributed by atoms with Crippen LogP contribution in [0.2, 0.25) is 0 Å². The van der Waals surface area contributed by atoms with E-state index >= 15 is 0 Å². The number of nitrogens with zero attached hydrogens (tertiary/aromatic N) is 1. The van der Waals surface area contributed by atoms with Crippen molar-refractivity contribution in [3.05, 3.63) is 53.9 Å². The fourth-order valence-corrected chi connectivity index (χ4v) is 1.54. The summed E-state index contributed by atoms with van der Waals surface area (Å²) in [6.07, 6.45) is 1.92. The first-order valence-corrected chi connectivity index (χ1v) is 4.73. The fraction of sp³-hybridized carbons (Fsp3) is 0. The maximum Gasteiger partial charge on any atom is 0.339 e. The van der Waals surface area contributed by atoms with Gasteiger partial charge < -0.3 is 5.11 Å². The van der Waals surface area contributed by atoms with Crippen LogP contribution in [-0.2, 0) is 0 Å². The first-order valence-electron chi connectivity index (χ1n) is 4.73. The van der Waals surface area contributed by atoms with Crippen molar-refractivity contribution in [2.24, 2.45) is 0 Å². The second-order valence-corrected chi connectivity index (χ2v) is 3.33. The molecule has 1 N–H and O–H groups in total.